The Kier molecular flexibility index (Phi) is 3.23. The zero-order valence-electron chi connectivity index (χ0n) is 8.94. The molecule has 3 heteroatoms. The average Bonchev–Trinajstić information content (AvgIpc) is 2.82. The summed E-state index contributed by atoms with van der Waals surface area (Å²) in [5, 5.41) is 13.4. The Hall–Kier alpha value is -1.06. The number of ether oxygens (including phenoxy) is 1. The molecule has 3 nitrogen and oxygen atoms in total. The number of aliphatic hydroxyl groups is 1. The Balaban J connectivity index is 2.07. The van der Waals surface area contributed by atoms with E-state index in [2.05, 4.69) is 5.32 Å². The van der Waals surface area contributed by atoms with Crippen LogP contribution in [0, 0.1) is 0 Å². The second kappa shape index (κ2) is 4.64. The lowest BCUT2D eigenvalue weighted by atomic mass is 10.0. The summed E-state index contributed by atoms with van der Waals surface area (Å²) in [6.45, 7) is 1.01. The van der Waals surface area contributed by atoms with Crippen molar-refractivity contribution in [2.45, 2.75) is 25.0 Å². The first-order chi connectivity index (χ1) is 7.31. The first-order valence-corrected chi connectivity index (χ1v) is 5.36. The summed E-state index contributed by atoms with van der Waals surface area (Å²) in [4.78, 5) is 0. The molecule has 15 heavy (non-hydrogen) atoms. The highest BCUT2D eigenvalue weighted by Crippen LogP contribution is 2.24. The van der Waals surface area contributed by atoms with Gasteiger partial charge in [-0.2, -0.15) is 0 Å². The highest BCUT2D eigenvalue weighted by molar-refractivity contribution is 5.29. The van der Waals surface area contributed by atoms with Gasteiger partial charge in [0.25, 0.3) is 0 Å². The van der Waals surface area contributed by atoms with Gasteiger partial charge in [0, 0.05) is 6.04 Å². The van der Waals surface area contributed by atoms with Crippen LogP contribution in [0.15, 0.2) is 24.3 Å². The van der Waals surface area contributed by atoms with Gasteiger partial charge in [0.1, 0.15) is 5.75 Å². The maximum absolute atomic E-state index is 10.1. The Bertz CT molecular complexity index is 304. The molecule has 1 saturated heterocycles. The summed E-state index contributed by atoms with van der Waals surface area (Å²) >= 11 is 0. The van der Waals surface area contributed by atoms with E-state index in [0.717, 1.165) is 30.7 Å². The minimum Gasteiger partial charge on any atom is -0.497 e. The highest BCUT2D eigenvalue weighted by atomic mass is 16.5. The molecule has 82 valence electrons. The second-order valence-corrected chi connectivity index (χ2v) is 3.92. The Labute approximate surface area is 90.1 Å². The normalized spacial score (nSPS) is 22.7. The van der Waals surface area contributed by atoms with Gasteiger partial charge < -0.3 is 15.2 Å². The summed E-state index contributed by atoms with van der Waals surface area (Å²) in [7, 11) is 1.64. The summed E-state index contributed by atoms with van der Waals surface area (Å²) in [5.74, 6) is 0.824. The van der Waals surface area contributed by atoms with Crippen LogP contribution in [0.2, 0.25) is 0 Å². The number of benzene rings is 1. The van der Waals surface area contributed by atoms with Crippen molar-refractivity contribution < 1.29 is 9.84 Å². The van der Waals surface area contributed by atoms with Crippen LogP contribution >= 0.6 is 0 Å². The maximum Gasteiger partial charge on any atom is 0.118 e. The number of methoxy groups -OCH3 is 1. The van der Waals surface area contributed by atoms with Crippen LogP contribution in [0.5, 0.6) is 5.75 Å². The molecule has 1 aromatic carbocycles. The molecule has 2 rings (SSSR count). The van der Waals surface area contributed by atoms with Crippen LogP contribution in [-0.2, 0) is 0 Å². The lowest BCUT2D eigenvalue weighted by Gasteiger charge is -2.18. The van der Waals surface area contributed by atoms with Gasteiger partial charge in [-0.1, -0.05) is 12.1 Å². The first kappa shape index (κ1) is 10.5. The average molecular weight is 207 g/mol. The van der Waals surface area contributed by atoms with Crippen LogP contribution in [-0.4, -0.2) is 24.8 Å². The molecule has 2 atom stereocenters. The fraction of sp³-hybridized carbons (Fsp3) is 0.500. The van der Waals surface area contributed by atoms with Gasteiger partial charge in [-0.25, -0.2) is 0 Å². The number of hydrogen-bond donors (Lipinski definition) is 2. The monoisotopic (exact) mass is 207 g/mol. The van der Waals surface area contributed by atoms with Crippen LogP contribution in [0.1, 0.15) is 24.5 Å². The molecule has 1 aliphatic heterocycles. The van der Waals surface area contributed by atoms with Crippen molar-refractivity contribution in [3.05, 3.63) is 29.8 Å². The van der Waals surface area contributed by atoms with Crippen molar-refractivity contribution in [1.82, 2.24) is 5.32 Å². The summed E-state index contributed by atoms with van der Waals surface area (Å²) in [6.07, 6.45) is 1.80. The Morgan fingerprint density at radius 3 is 2.67 bits per heavy atom. The fourth-order valence-corrected chi connectivity index (χ4v) is 2.01. The standard InChI is InChI=1S/C12H17NO2/c1-15-10-6-4-9(5-7-10)12(14)11-3-2-8-13-11/h4-7,11-14H,2-3,8H2,1H3/t11-,12+/m1/s1. The minimum atomic E-state index is -0.404. The van der Waals surface area contributed by atoms with E-state index in [4.69, 9.17) is 4.74 Å². The third-order valence-electron chi connectivity index (χ3n) is 2.94. The molecule has 0 unspecified atom stereocenters. The summed E-state index contributed by atoms with van der Waals surface area (Å²) < 4.78 is 5.08. The molecule has 0 radical (unpaired) electrons. The molecule has 1 aliphatic rings. The van der Waals surface area contributed by atoms with E-state index in [1.54, 1.807) is 7.11 Å². The molecule has 0 amide bonds. The van der Waals surface area contributed by atoms with E-state index in [1.807, 2.05) is 24.3 Å². The lowest BCUT2D eigenvalue weighted by molar-refractivity contribution is 0.137. The molecule has 0 bridgehead atoms. The lowest BCUT2D eigenvalue weighted by Crippen LogP contribution is -2.28. The van der Waals surface area contributed by atoms with Gasteiger partial charge >= 0.3 is 0 Å². The zero-order valence-corrected chi connectivity index (χ0v) is 8.94. The molecule has 1 heterocycles. The van der Waals surface area contributed by atoms with Gasteiger partial charge in [0.2, 0.25) is 0 Å². The smallest absolute Gasteiger partial charge is 0.118 e. The number of rotatable bonds is 3. The van der Waals surface area contributed by atoms with Gasteiger partial charge in [0.15, 0.2) is 0 Å². The molecule has 0 spiro atoms. The molecule has 0 aliphatic carbocycles. The zero-order chi connectivity index (χ0) is 10.7. The van der Waals surface area contributed by atoms with Crippen molar-refractivity contribution in [2.75, 3.05) is 13.7 Å². The Morgan fingerprint density at radius 2 is 2.13 bits per heavy atom. The van der Waals surface area contributed by atoms with Crippen LogP contribution < -0.4 is 10.1 Å². The van der Waals surface area contributed by atoms with E-state index in [0.29, 0.717) is 0 Å². The van der Waals surface area contributed by atoms with Gasteiger partial charge in [-0.3, -0.25) is 0 Å². The minimum absolute atomic E-state index is 0.207. The third kappa shape index (κ3) is 2.30. The van der Waals surface area contributed by atoms with Gasteiger partial charge in [0.05, 0.1) is 13.2 Å². The van der Waals surface area contributed by atoms with E-state index in [9.17, 15) is 5.11 Å². The van der Waals surface area contributed by atoms with E-state index in [1.165, 1.54) is 0 Å². The van der Waals surface area contributed by atoms with Crippen LogP contribution in [0.25, 0.3) is 0 Å². The summed E-state index contributed by atoms with van der Waals surface area (Å²) in [5.41, 5.74) is 0.954. The van der Waals surface area contributed by atoms with E-state index in [-0.39, 0.29) is 6.04 Å². The molecule has 0 aromatic heterocycles. The molecular weight excluding hydrogens is 190 g/mol. The van der Waals surface area contributed by atoms with Crippen molar-refractivity contribution in [3.63, 3.8) is 0 Å². The number of aliphatic hydroxyl groups excluding tert-OH is 1. The second-order valence-electron chi connectivity index (χ2n) is 3.92. The molecule has 2 N–H and O–H groups in total. The maximum atomic E-state index is 10.1. The molecule has 1 fully saturated rings. The SMILES string of the molecule is COc1ccc([C@H](O)[C@H]2CCCN2)cc1. The van der Waals surface area contributed by atoms with E-state index < -0.39 is 6.10 Å². The van der Waals surface area contributed by atoms with Crippen LogP contribution in [0.3, 0.4) is 0 Å². The summed E-state index contributed by atoms with van der Waals surface area (Å²) in [6, 6.07) is 7.81. The van der Waals surface area contributed by atoms with Gasteiger partial charge in [-0.15, -0.1) is 0 Å². The van der Waals surface area contributed by atoms with Crippen molar-refractivity contribution >= 4 is 0 Å². The van der Waals surface area contributed by atoms with Crippen molar-refractivity contribution in [2.24, 2.45) is 0 Å². The highest BCUT2D eigenvalue weighted by Gasteiger charge is 2.23. The largest absolute Gasteiger partial charge is 0.497 e. The Morgan fingerprint density at radius 1 is 1.40 bits per heavy atom. The van der Waals surface area contributed by atoms with E-state index >= 15 is 0 Å². The predicted molar refractivity (Wildman–Crippen MR) is 59.0 cm³/mol. The van der Waals surface area contributed by atoms with Gasteiger partial charge in [-0.05, 0) is 37.1 Å². The molecule has 0 saturated carbocycles. The quantitative estimate of drug-likeness (QED) is 0.789. The number of nitrogens with one attached hydrogen (secondary N) is 1. The topological polar surface area (TPSA) is 41.5 Å². The third-order valence-corrected chi connectivity index (χ3v) is 2.94. The fourth-order valence-electron chi connectivity index (χ4n) is 2.01. The first-order valence-electron chi connectivity index (χ1n) is 5.36. The van der Waals surface area contributed by atoms with Crippen LogP contribution in [0.4, 0.5) is 0 Å². The number of hydrogen-bond acceptors (Lipinski definition) is 3. The molecule has 1 aromatic rings. The molecular formula is C12H17NO2. The van der Waals surface area contributed by atoms with Crippen molar-refractivity contribution in [3.8, 4) is 5.75 Å². The van der Waals surface area contributed by atoms with Crippen molar-refractivity contribution in [1.29, 1.82) is 0 Å². The predicted octanol–water partition coefficient (Wildman–Crippen LogP) is 1.48.